The summed E-state index contributed by atoms with van der Waals surface area (Å²) < 4.78 is 0. The van der Waals surface area contributed by atoms with Gasteiger partial charge >= 0.3 is 0 Å². The third-order valence-electron chi connectivity index (χ3n) is 2.70. The highest BCUT2D eigenvalue weighted by atomic mass is 127. The van der Waals surface area contributed by atoms with E-state index in [-0.39, 0.29) is 24.0 Å². The number of aryl methyl sites for hydroxylation is 1. The molecule has 3 nitrogen and oxygen atoms in total. The van der Waals surface area contributed by atoms with E-state index in [2.05, 4.69) is 55.3 Å². The lowest BCUT2D eigenvalue weighted by Crippen LogP contribution is -2.32. The van der Waals surface area contributed by atoms with Crippen molar-refractivity contribution in [2.45, 2.75) is 33.1 Å². The van der Waals surface area contributed by atoms with Gasteiger partial charge in [0.05, 0.1) is 0 Å². The molecule has 102 valence electrons. The molecule has 0 aliphatic heterocycles. The Morgan fingerprint density at radius 2 is 2.17 bits per heavy atom. The molecule has 0 amide bonds. The second-order valence-corrected chi connectivity index (χ2v) is 4.47. The molecule has 0 radical (unpaired) electrons. The van der Waals surface area contributed by atoms with Crippen molar-refractivity contribution in [2.75, 3.05) is 13.1 Å². The van der Waals surface area contributed by atoms with E-state index in [4.69, 9.17) is 5.73 Å². The van der Waals surface area contributed by atoms with Gasteiger partial charge in [-0.2, -0.15) is 0 Å². The van der Waals surface area contributed by atoms with Crippen LogP contribution >= 0.6 is 24.0 Å². The molecule has 1 aromatic carbocycles. The molecule has 4 heteroatoms. The first kappa shape index (κ1) is 17.2. The SMILES string of the molecule is CCCNC(N)=NCC(C)c1cccc(C)c1.I. The summed E-state index contributed by atoms with van der Waals surface area (Å²) in [6.07, 6.45) is 1.06. The Bertz CT molecular complexity index is 377. The van der Waals surface area contributed by atoms with Crippen molar-refractivity contribution in [3.8, 4) is 0 Å². The molecule has 0 heterocycles. The number of aliphatic imine (C=N–C) groups is 1. The summed E-state index contributed by atoms with van der Waals surface area (Å²) >= 11 is 0. The highest BCUT2D eigenvalue weighted by Gasteiger charge is 2.04. The Balaban J connectivity index is 0.00000289. The number of rotatable bonds is 5. The topological polar surface area (TPSA) is 50.4 Å². The second kappa shape index (κ2) is 9.19. The Morgan fingerprint density at radius 1 is 1.44 bits per heavy atom. The molecule has 1 aromatic rings. The van der Waals surface area contributed by atoms with Gasteiger partial charge in [-0.15, -0.1) is 24.0 Å². The van der Waals surface area contributed by atoms with Crippen LogP contribution in [-0.4, -0.2) is 19.0 Å². The average Bonchev–Trinajstić information content (AvgIpc) is 2.33. The lowest BCUT2D eigenvalue weighted by atomic mass is 10.00. The van der Waals surface area contributed by atoms with Crippen LogP contribution < -0.4 is 11.1 Å². The van der Waals surface area contributed by atoms with Crippen LogP contribution in [0, 0.1) is 6.92 Å². The van der Waals surface area contributed by atoms with Crippen LogP contribution in [-0.2, 0) is 0 Å². The molecule has 0 spiro atoms. The van der Waals surface area contributed by atoms with E-state index < -0.39 is 0 Å². The number of nitrogens with two attached hydrogens (primary N) is 1. The summed E-state index contributed by atoms with van der Waals surface area (Å²) in [6.45, 7) is 8.00. The van der Waals surface area contributed by atoms with Crippen molar-refractivity contribution < 1.29 is 0 Å². The van der Waals surface area contributed by atoms with Crippen molar-refractivity contribution in [2.24, 2.45) is 10.7 Å². The molecule has 0 saturated carbocycles. The molecule has 0 saturated heterocycles. The summed E-state index contributed by atoms with van der Waals surface area (Å²) in [5.41, 5.74) is 8.36. The molecule has 0 bridgehead atoms. The number of nitrogens with one attached hydrogen (secondary N) is 1. The van der Waals surface area contributed by atoms with E-state index in [0.717, 1.165) is 19.5 Å². The van der Waals surface area contributed by atoms with Gasteiger partial charge in [-0.1, -0.05) is 43.7 Å². The van der Waals surface area contributed by atoms with E-state index >= 15 is 0 Å². The quantitative estimate of drug-likeness (QED) is 0.481. The van der Waals surface area contributed by atoms with Crippen molar-refractivity contribution >= 4 is 29.9 Å². The van der Waals surface area contributed by atoms with Crippen LogP contribution in [0.25, 0.3) is 0 Å². The average molecular weight is 361 g/mol. The zero-order chi connectivity index (χ0) is 12.7. The number of hydrogen-bond donors (Lipinski definition) is 2. The largest absolute Gasteiger partial charge is 0.370 e. The predicted octanol–water partition coefficient (Wildman–Crippen LogP) is 3.03. The minimum Gasteiger partial charge on any atom is -0.370 e. The summed E-state index contributed by atoms with van der Waals surface area (Å²) in [5.74, 6) is 0.947. The fourth-order valence-electron chi connectivity index (χ4n) is 1.63. The van der Waals surface area contributed by atoms with Gasteiger partial charge in [0, 0.05) is 19.0 Å². The van der Waals surface area contributed by atoms with E-state index in [1.54, 1.807) is 0 Å². The molecular formula is C14H24IN3. The van der Waals surface area contributed by atoms with Crippen LogP contribution in [0.4, 0.5) is 0 Å². The third kappa shape index (κ3) is 6.23. The van der Waals surface area contributed by atoms with Crippen molar-refractivity contribution in [1.82, 2.24) is 5.32 Å². The molecule has 1 rings (SSSR count). The lowest BCUT2D eigenvalue weighted by Gasteiger charge is -2.11. The first-order chi connectivity index (χ1) is 8.13. The van der Waals surface area contributed by atoms with Gasteiger partial charge in [0.2, 0.25) is 0 Å². The van der Waals surface area contributed by atoms with Gasteiger partial charge in [-0.25, -0.2) is 0 Å². The molecule has 18 heavy (non-hydrogen) atoms. The third-order valence-corrected chi connectivity index (χ3v) is 2.70. The Labute approximate surface area is 127 Å². The molecule has 1 unspecified atom stereocenters. The first-order valence-corrected chi connectivity index (χ1v) is 6.23. The molecule has 1 atom stereocenters. The zero-order valence-electron chi connectivity index (χ0n) is 11.4. The molecule has 0 aliphatic carbocycles. The first-order valence-electron chi connectivity index (χ1n) is 6.23. The minimum atomic E-state index is 0. The van der Waals surface area contributed by atoms with Gasteiger partial charge in [0.25, 0.3) is 0 Å². The monoisotopic (exact) mass is 361 g/mol. The Hall–Kier alpha value is -0.780. The fraction of sp³-hybridized carbons (Fsp3) is 0.500. The molecule has 0 aromatic heterocycles. The van der Waals surface area contributed by atoms with Crippen LogP contribution in [0.15, 0.2) is 29.3 Å². The Morgan fingerprint density at radius 3 is 2.78 bits per heavy atom. The van der Waals surface area contributed by atoms with Crippen molar-refractivity contribution in [3.05, 3.63) is 35.4 Å². The number of halogens is 1. The maximum atomic E-state index is 5.75. The summed E-state index contributed by atoms with van der Waals surface area (Å²) in [5, 5.41) is 3.08. The number of hydrogen-bond acceptors (Lipinski definition) is 1. The maximum absolute atomic E-state index is 5.75. The van der Waals surface area contributed by atoms with E-state index in [9.17, 15) is 0 Å². The fourth-order valence-corrected chi connectivity index (χ4v) is 1.63. The zero-order valence-corrected chi connectivity index (χ0v) is 13.8. The van der Waals surface area contributed by atoms with Crippen molar-refractivity contribution in [3.63, 3.8) is 0 Å². The van der Waals surface area contributed by atoms with Gasteiger partial charge in [-0.3, -0.25) is 4.99 Å². The highest BCUT2D eigenvalue weighted by Crippen LogP contribution is 2.16. The smallest absolute Gasteiger partial charge is 0.188 e. The van der Waals surface area contributed by atoms with Crippen LogP contribution in [0.2, 0.25) is 0 Å². The minimum absolute atomic E-state index is 0. The second-order valence-electron chi connectivity index (χ2n) is 4.47. The van der Waals surface area contributed by atoms with E-state index in [1.165, 1.54) is 11.1 Å². The van der Waals surface area contributed by atoms with Crippen LogP contribution in [0.5, 0.6) is 0 Å². The van der Waals surface area contributed by atoms with Gasteiger partial charge in [0.1, 0.15) is 0 Å². The van der Waals surface area contributed by atoms with E-state index in [0.29, 0.717) is 11.9 Å². The lowest BCUT2D eigenvalue weighted by molar-refractivity contribution is 0.759. The normalized spacial score (nSPS) is 12.7. The summed E-state index contributed by atoms with van der Waals surface area (Å²) in [7, 11) is 0. The standard InChI is InChI=1S/C14H23N3.HI/c1-4-8-16-14(15)17-10-12(3)13-7-5-6-11(2)9-13;/h5-7,9,12H,4,8,10H2,1-3H3,(H3,15,16,17);1H. The van der Waals surface area contributed by atoms with Gasteiger partial charge < -0.3 is 11.1 Å². The Kier molecular flexibility index (Phi) is 8.79. The van der Waals surface area contributed by atoms with Gasteiger partial charge in [-0.05, 0) is 18.9 Å². The maximum Gasteiger partial charge on any atom is 0.188 e. The van der Waals surface area contributed by atoms with Crippen LogP contribution in [0.1, 0.15) is 37.3 Å². The van der Waals surface area contributed by atoms with Crippen LogP contribution in [0.3, 0.4) is 0 Å². The summed E-state index contributed by atoms with van der Waals surface area (Å²) in [6, 6.07) is 8.54. The number of guanidine groups is 1. The number of nitrogens with zero attached hydrogens (tertiary/aromatic N) is 1. The van der Waals surface area contributed by atoms with E-state index in [1.807, 2.05) is 0 Å². The predicted molar refractivity (Wildman–Crippen MR) is 89.8 cm³/mol. The highest BCUT2D eigenvalue weighted by molar-refractivity contribution is 14.0. The molecule has 3 N–H and O–H groups in total. The molecular weight excluding hydrogens is 337 g/mol. The molecule has 0 aliphatic rings. The summed E-state index contributed by atoms with van der Waals surface area (Å²) in [4.78, 5) is 4.35. The molecule has 0 fully saturated rings. The number of benzene rings is 1. The van der Waals surface area contributed by atoms with Crippen molar-refractivity contribution in [1.29, 1.82) is 0 Å². The van der Waals surface area contributed by atoms with Gasteiger partial charge in [0.15, 0.2) is 5.96 Å².